The molecule has 0 aliphatic carbocycles. The minimum atomic E-state index is -2.31. The van der Waals surface area contributed by atoms with Crippen molar-refractivity contribution in [3.05, 3.63) is 0 Å². The third-order valence-corrected chi connectivity index (χ3v) is 3.14. The highest BCUT2D eigenvalue weighted by molar-refractivity contribution is 7.39. The van der Waals surface area contributed by atoms with E-state index in [0.717, 1.165) is 19.3 Å². The van der Waals surface area contributed by atoms with Gasteiger partial charge < -0.3 is 9.79 Å². The molecule has 1 saturated heterocycles. The van der Waals surface area contributed by atoms with Gasteiger partial charge in [-0.2, -0.15) is 5.06 Å². The normalized spacial score (nSPS) is 26.8. The fraction of sp³-hybridized carbons (Fsp3) is 1.00. The van der Waals surface area contributed by atoms with E-state index in [-0.39, 0.29) is 11.1 Å². The number of hydrogen-bond donors (Lipinski definition) is 2. The molecule has 5 heteroatoms. The highest BCUT2D eigenvalue weighted by Crippen LogP contribution is 2.43. The van der Waals surface area contributed by atoms with Gasteiger partial charge in [-0.15, -0.1) is 0 Å². The van der Waals surface area contributed by atoms with Crippen LogP contribution in [-0.4, -0.2) is 25.9 Å². The monoisotopic (exact) mass is 221 g/mol. The fourth-order valence-corrected chi connectivity index (χ4v) is 2.86. The first-order valence-corrected chi connectivity index (χ1v) is 6.08. The Morgan fingerprint density at radius 2 is 1.50 bits per heavy atom. The summed E-state index contributed by atoms with van der Waals surface area (Å²) in [7, 11) is -2.31. The Morgan fingerprint density at radius 1 is 1.07 bits per heavy atom. The summed E-state index contributed by atoms with van der Waals surface area (Å²) < 4.78 is 5.13. The summed E-state index contributed by atoms with van der Waals surface area (Å²) in [5.74, 6) is 0. The molecule has 0 unspecified atom stereocenters. The third-order valence-electron chi connectivity index (χ3n) is 2.83. The molecule has 1 heterocycles. The van der Waals surface area contributed by atoms with Gasteiger partial charge in [0, 0.05) is 11.1 Å². The zero-order chi connectivity index (χ0) is 11.0. The predicted octanol–water partition coefficient (Wildman–Crippen LogP) is 2.17. The van der Waals surface area contributed by atoms with Crippen molar-refractivity contribution in [3.8, 4) is 0 Å². The molecule has 1 rings (SSSR count). The lowest BCUT2D eigenvalue weighted by Crippen LogP contribution is -2.57. The van der Waals surface area contributed by atoms with Crippen molar-refractivity contribution in [3.63, 3.8) is 0 Å². The van der Waals surface area contributed by atoms with E-state index in [2.05, 4.69) is 27.7 Å². The number of rotatable bonds is 2. The fourth-order valence-electron chi connectivity index (χ4n) is 2.27. The van der Waals surface area contributed by atoms with Gasteiger partial charge in [0.25, 0.3) is 0 Å². The molecule has 0 spiro atoms. The highest BCUT2D eigenvalue weighted by Gasteiger charge is 2.43. The summed E-state index contributed by atoms with van der Waals surface area (Å²) in [6.45, 7) is 8.25. The molecule has 0 aromatic rings. The van der Waals surface area contributed by atoms with E-state index in [0.29, 0.717) is 0 Å². The Hall–Kier alpha value is 0.270. The molecule has 0 radical (unpaired) electrons. The van der Waals surface area contributed by atoms with Crippen LogP contribution in [0.2, 0.25) is 0 Å². The van der Waals surface area contributed by atoms with Crippen molar-refractivity contribution in [2.24, 2.45) is 0 Å². The van der Waals surface area contributed by atoms with Crippen LogP contribution < -0.4 is 0 Å². The van der Waals surface area contributed by atoms with Crippen molar-refractivity contribution >= 4 is 8.60 Å². The minimum absolute atomic E-state index is 0.131. The van der Waals surface area contributed by atoms with Gasteiger partial charge >= 0.3 is 8.60 Å². The molecular formula is C9H20NO3P. The van der Waals surface area contributed by atoms with Crippen LogP contribution in [0.4, 0.5) is 0 Å². The van der Waals surface area contributed by atoms with Gasteiger partial charge in [0.1, 0.15) is 0 Å². The van der Waals surface area contributed by atoms with E-state index in [4.69, 9.17) is 14.4 Å². The lowest BCUT2D eigenvalue weighted by Gasteiger charge is -2.50. The van der Waals surface area contributed by atoms with Gasteiger partial charge in [-0.05, 0) is 47.0 Å². The van der Waals surface area contributed by atoms with Crippen molar-refractivity contribution < 1.29 is 14.4 Å². The van der Waals surface area contributed by atoms with Crippen molar-refractivity contribution in [1.29, 1.82) is 0 Å². The van der Waals surface area contributed by atoms with Crippen LogP contribution in [0.3, 0.4) is 0 Å². The average Bonchev–Trinajstić information content (AvgIpc) is 1.96. The second-order valence-corrected chi connectivity index (χ2v) is 5.78. The maximum absolute atomic E-state index is 8.93. The van der Waals surface area contributed by atoms with Crippen molar-refractivity contribution in [2.75, 3.05) is 0 Å². The zero-order valence-corrected chi connectivity index (χ0v) is 10.2. The Kier molecular flexibility index (Phi) is 3.55. The Labute approximate surface area is 86.8 Å². The number of hydrogen-bond acceptors (Lipinski definition) is 4. The maximum Gasteiger partial charge on any atom is 0.345 e. The van der Waals surface area contributed by atoms with E-state index in [1.165, 1.54) is 0 Å². The van der Waals surface area contributed by atoms with Gasteiger partial charge in [-0.1, -0.05) is 0 Å². The lowest BCUT2D eigenvalue weighted by molar-refractivity contribution is -0.221. The molecule has 0 bridgehead atoms. The molecule has 0 atom stereocenters. The first-order valence-electron chi connectivity index (χ1n) is 4.92. The van der Waals surface area contributed by atoms with E-state index in [1.54, 1.807) is 5.06 Å². The average molecular weight is 221 g/mol. The van der Waals surface area contributed by atoms with Crippen LogP contribution >= 0.6 is 8.60 Å². The van der Waals surface area contributed by atoms with E-state index < -0.39 is 8.60 Å². The molecular weight excluding hydrogens is 201 g/mol. The standard InChI is InChI=1S/C9H20NO3P/c1-8(2)6-5-7-9(3,4)10(8)13-14(11)12/h11-12H,5-7H2,1-4H3. The van der Waals surface area contributed by atoms with Crippen LogP contribution in [-0.2, 0) is 4.62 Å². The van der Waals surface area contributed by atoms with Crippen molar-refractivity contribution in [1.82, 2.24) is 5.06 Å². The largest absolute Gasteiger partial charge is 0.345 e. The molecule has 84 valence electrons. The first kappa shape index (κ1) is 12.3. The van der Waals surface area contributed by atoms with Gasteiger partial charge in [-0.3, -0.25) is 0 Å². The van der Waals surface area contributed by atoms with Crippen LogP contribution in [0.1, 0.15) is 47.0 Å². The van der Waals surface area contributed by atoms with Gasteiger partial charge in [0.05, 0.1) is 0 Å². The number of hydroxylamine groups is 2. The first-order chi connectivity index (χ1) is 6.26. The third kappa shape index (κ3) is 2.65. The van der Waals surface area contributed by atoms with Crippen LogP contribution in [0.25, 0.3) is 0 Å². The Bertz CT molecular complexity index is 190. The smallest absolute Gasteiger partial charge is 0.327 e. The quantitative estimate of drug-likeness (QED) is 0.702. The summed E-state index contributed by atoms with van der Waals surface area (Å²) >= 11 is 0. The Balaban J connectivity index is 2.80. The SMILES string of the molecule is CC1(C)CCCC(C)(C)N1OP(O)O. The van der Waals surface area contributed by atoms with Crippen LogP contribution in [0, 0.1) is 0 Å². The summed E-state index contributed by atoms with van der Waals surface area (Å²) in [5, 5.41) is 1.75. The predicted molar refractivity (Wildman–Crippen MR) is 56.3 cm³/mol. The molecule has 2 N–H and O–H groups in total. The summed E-state index contributed by atoms with van der Waals surface area (Å²) in [6, 6.07) is 0. The maximum atomic E-state index is 8.93. The number of nitrogens with zero attached hydrogens (tertiary/aromatic N) is 1. The van der Waals surface area contributed by atoms with Crippen LogP contribution in [0.5, 0.6) is 0 Å². The molecule has 1 fully saturated rings. The second kappa shape index (κ2) is 4.03. The summed E-state index contributed by atoms with van der Waals surface area (Å²) in [4.78, 5) is 17.9. The lowest BCUT2D eigenvalue weighted by atomic mass is 9.82. The molecule has 0 amide bonds. The van der Waals surface area contributed by atoms with Crippen LogP contribution in [0.15, 0.2) is 0 Å². The van der Waals surface area contributed by atoms with Gasteiger partial charge in [-0.25, -0.2) is 4.62 Å². The molecule has 0 aromatic heterocycles. The molecule has 1 aliphatic heterocycles. The highest BCUT2D eigenvalue weighted by atomic mass is 31.2. The topological polar surface area (TPSA) is 52.9 Å². The molecule has 4 nitrogen and oxygen atoms in total. The van der Waals surface area contributed by atoms with Gasteiger partial charge in [0.15, 0.2) is 0 Å². The molecule has 0 saturated carbocycles. The minimum Gasteiger partial charge on any atom is -0.327 e. The molecule has 0 aromatic carbocycles. The van der Waals surface area contributed by atoms with Crippen molar-refractivity contribution in [2.45, 2.75) is 58.0 Å². The number of piperidine rings is 1. The van der Waals surface area contributed by atoms with Gasteiger partial charge in [0.2, 0.25) is 0 Å². The summed E-state index contributed by atoms with van der Waals surface area (Å²) in [6.07, 6.45) is 3.17. The molecule has 1 aliphatic rings. The summed E-state index contributed by atoms with van der Waals surface area (Å²) in [5.41, 5.74) is -0.262. The van der Waals surface area contributed by atoms with E-state index in [9.17, 15) is 0 Å². The van der Waals surface area contributed by atoms with E-state index in [1.807, 2.05) is 0 Å². The second-order valence-electron chi connectivity index (χ2n) is 5.11. The molecule has 14 heavy (non-hydrogen) atoms. The van der Waals surface area contributed by atoms with E-state index >= 15 is 0 Å². The Morgan fingerprint density at radius 3 is 1.86 bits per heavy atom. The zero-order valence-electron chi connectivity index (χ0n) is 9.32.